The van der Waals surface area contributed by atoms with Crippen LogP contribution >= 0.6 is 0 Å². The van der Waals surface area contributed by atoms with E-state index in [-0.39, 0.29) is 11.8 Å². The summed E-state index contributed by atoms with van der Waals surface area (Å²) in [4.78, 5) is 30.5. The minimum absolute atomic E-state index is 0.0645. The third-order valence-corrected chi connectivity index (χ3v) is 4.50. The molecule has 0 spiro atoms. The summed E-state index contributed by atoms with van der Waals surface area (Å²) in [5.74, 6) is -0.0325. The lowest BCUT2D eigenvalue weighted by Gasteiger charge is -2.32. The summed E-state index contributed by atoms with van der Waals surface area (Å²) in [6, 6.07) is 7.76. The standard InChI is InChI=1S/C20H23N3O2/c1-13-6-9-18(22-15(3)24)17-5-4-10-23(20(13)17)19(25)11-16-8-7-14(2)21-12-16/h6-9,12H,4-5,10-11H2,1-3H3,(H,22,24). The fourth-order valence-corrected chi connectivity index (χ4v) is 3.34. The van der Waals surface area contributed by atoms with E-state index in [9.17, 15) is 9.59 Å². The monoisotopic (exact) mass is 337 g/mol. The highest BCUT2D eigenvalue weighted by atomic mass is 16.2. The van der Waals surface area contributed by atoms with Crippen molar-refractivity contribution in [2.75, 3.05) is 16.8 Å². The van der Waals surface area contributed by atoms with E-state index < -0.39 is 0 Å². The van der Waals surface area contributed by atoms with Crippen molar-refractivity contribution in [1.29, 1.82) is 0 Å². The second-order valence-electron chi connectivity index (χ2n) is 6.57. The third-order valence-electron chi connectivity index (χ3n) is 4.50. The molecule has 0 aliphatic carbocycles. The number of fused-ring (bicyclic) bond motifs is 1. The molecule has 2 amide bonds. The Labute approximate surface area is 148 Å². The number of hydrogen-bond acceptors (Lipinski definition) is 3. The van der Waals surface area contributed by atoms with Gasteiger partial charge in [-0.05, 0) is 55.5 Å². The molecule has 5 nitrogen and oxygen atoms in total. The van der Waals surface area contributed by atoms with Crippen LogP contribution in [0.15, 0.2) is 30.5 Å². The van der Waals surface area contributed by atoms with Crippen molar-refractivity contribution >= 4 is 23.2 Å². The van der Waals surface area contributed by atoms with Crippen molar-refractivity contribution < 1.29 is 9.59 Å². The molecule has 1 aromatic heterocycles. The fraction of sp³-hybridized carbons (Fsp3) is 0.350. The van der Waals surface area contributed by atoms with Crippen molar-refractivity contribution in [3.05, 3.63) is 52.8 Å². The van der Waals surface area contributed by atoms with Gasteiger partial charge in [-0.2, -0.15) is 0 Å². The number of aromatic nitrogens is 1. The normalized spacial score (nSPS) is 13.3. The first-order chi connectivity index (χ1) is 12.0. The molecule has 0 bridgehead atoms. The van der Waals surface area contributed by atoms with Gasteiger partial charge in [0.2, 0.25) is 11.8 Å². The summed E-state index contributed by atoms with van der Waals surface area (Å²) in [7, 11) is 0. The van der Waals surface area contributed by atoms with Crippen LogP contribution in [0.4, 0.5) is 11.4 Å². The molecule has 25 heavy (non-hydrogen) atoms. The van der Waals surface area contributed by atoms with Crippen LogP contribution < -0.4 is 10.2 Å². The van der Waals surface area contributed by atoms with Gasteiger partial charge in [-0.15, -0.1) is 0 Å². The molecule has 1 N–H and O–H groups in total. The zero-order valence-electron chi connectivity index (χ0n) is 14.9. The molecule has 0 fully saturated rings. The Morgan fingerprint density at radius 1 is 1.20 bits per heavy atom. The Balaban J connectivity index is 1.91. The number of anilines is 2. The van der Waals surface area contributed by atoms with Crippen LogP contribution in [0.1, 0.15) is 35.7 Å². The highest BCUT2D eigenvalue weighted by Gasteiger charge is 2.26. The van der Waals surface area contributed by atoms with Gasteiger partial charge in [-0.3, -0.25) is 14.6 Å². The van der Waals surface area contributed by atoms with Gasteiger partial charge in [0.15, 0.2) is 0 Å². The summed E-state index contributed by atoms with van der Waals surface area (Å²) < 4.78 is 0. The second-order valence-corrected chi connectivity index (χ2v) is 6.57. The molecular weight excluding hydrogens is 314 g/mol. The van der Waals surface area contributed by atoms with Crippen molar-refractivity contribution in [3.63, 3.8) is 0 Å². The summed E-state index contributed by atoms with van der Waals surface area (Å²) in [5, 5.41) is 2.89. The topological polar surface area (TPSA) is 62.3 Å². The first-order valence-electron chi connectivity index (χ1n) is 8.57. The Morgan fingerprint density at radius 3 is 2.68 bits per heavy atom. The lowest BCUT2D eigenvalue weighted by molar-refractivity contribution is -0.118. The number of hydrogen-bond donors (Lipinski definition) is 1. The first kappa shape index (κ1) is 17.1. The van der Waals surface area contributed by atoms with E-state index in [2.05, 4.69) is 10.3 Å². The Bertz CT molecular complexity index is 812. The predicted octanol–water partition coefficient (Wildman–Crippen LogP) is 3.18. The van der Waals surface area contributed by atoms with Gasteiger partial charge in [0.1, 0.15) is 0 Å². The van der Waals surface area contributed by atoms with Crippen LogP contribution in [0.5, 0.6) is 0 Å². The van der Waals surface area contributed by atoms with Crippen LogP contribution in [0, 0.1) is 13.8 Å². The van der Waals surface area contributed by atoms with E-state index in [4.69, 9.17) is 0 Å². The number of aryl methyl sites for hydroxylation is 2. The van der Waals surface area contributed by atoms with E-state index >= 15 is 0 Å². The zero-order chi connectivity index (χ0) is 18.0. The molecule has 2 heterocycles. The maximum atomic E-state index is 12.9. The summed E-state index contributed by atoms with van der Waals surface area (Å²) in [6.45, 7) is 6.15. The molecule has 3 rings (SSSR count). The van der Waals surface area contributed by atoms with E-state index in [1.807, 2.05) is 43.0 Å². The molecule has 0 radical (unpaired) electrons. The number of rotatable bonds is 3. The van der Waals surface area contributed by atoms with E-state index in [1.165, 1.54) is 6.92 Å². The molecule has 0 atom stereocenters. The van der Waals surface area contributed by atoms with Crippen molar-refractivity contribution in [3.8, 4) is 0 Å². The molecule has 1 aliphatic rings. The van der Waals surface area contributed by atoms with Crippen LogP contribution in [0.2, 0.25) is 0 Å². The minimum atomic E-state index is -0.0970. The molecular formula is C20H23N3O2. The van der Waals surface area contributed by atoms with Gasteiger partial charge in [-0.25, -0.2) is 0 Å². The summed E-state index contributed by atoms with van der Waals surface area (Å²) in [6.07, 6.45) is 3.85. The minimum Gasteiger partial charge on any atom is -0.326 e. The number of carbonyl (C=O) groups is 2. The highest BCUT2D eigenvalue weighted by Crippen LogP contribution is 2.36. The smallest absolute Gasteiger partial charge is 0.231 e. The molecule has 130 valence electrons. The molecule has 5 heteroatoms. The van der Waals surface area contributed by atoms with Crippen LogP contribution in [0.25, 0.3) is 0 Å². The number of nitrogens with zero attached hydrogens (tertiary/aromatic N) is 2. The van der Waals surface area contributed by atoms with Crippen LogP contribution in [-0.4, -0.2) is 23.3 Å². The van der Waals surface area contributed by atoms with Gasteiger partial charge in [-0.1, -0.05) is 12.1 Å². The number of carbonyl (C=O) groups excluding carboxylic acids is 2. The van der Waals surface area contributed by atoms with E-state index in [1.54, 1.807) is 6.20 Å². The van der Waals surface area contributed by atoms with Gasteiger partial charge in [0, 0.05) is 31.0 Å². The summed E-state index contributed by atoms with van der Waals surface area (Å²) in [5.41, 5.74) is 5.72. The SMILES string of the molecule is CC(=O)Nc1ccc(C)c2c1CCCN2C(=O)Cc1ccc(C)nc1. The molecule has 0 saturated carbocycles. The number of benzene rings is 1. The quantitative estimate of drug-likeness (QED) is 0.936. The Kier molecular flexibility index (Phi) is 4.83. The van der Waals surface area contributed by atoms with E-state index in [0.29, 0.717) is 13.0 Å². The maximum absolute atomic E-state index is 12.9. The van der Waals surface area contributed by atoms with Crippen LogP contribution in [-0.2, 0) is 22.4 Å². The molecule has 2 aromatic rings. The number of nitrogens with one attached hydrogen (secondary N) is 1. The summed E-state index contributed by atoms with van der Waals surface area (Å²) >= 11 is 0. The van der Waals surface area contributed by atoms with Gasteiger partial charge in [0.25, 0.3) is 0 Å². The Morgan fingerprint density at radius 2 is 2.00 bits per heavy atom. The maximum Gasteiger partial charge on any atom is 0.231 e. The first-order valence-corrected chi connectivity index (χ1v) is 8.57. The lowest BCUT2D eigenvalue weighted by atomic mass is 9.95. The average molecular weight is 337 g/mol. The van der Waals surface area contributed by atoms with Crippen molar-refractivity contribution in [2.24, 2.45) is 0 Å². The average Bonchev–Trinajstić information content (AvgIpc) is 2.58. The third kappa shape index (κ3) is 3.71. The molecule has 0 saturated heterocycles. The molecule has 1 aliphatic heterocycles. The van der Waals surface area contributed by atoms with Gasteiger partial charge >= 0.3 is 0 Å². The zero-order valence-corrected chi connectivity index (χ0v) is 14.9. The van der Waals surface area contributed by atoms with Crippen molar-refractivity contribution in [2.45, 2.75) is 40.0 Å². The molecule has 0 unspecified atom stereocenters. The number of amides is 2. The fourth-order valence-electron chi connectivity index (χ4n) is 3.34. The largest absolute Gasteiger partial charge is 0.326 e. The van der Waals surface area contributed by atoms with Gasteiger partial charge < -0.3 is 10.2 Å². The lowest BCUT2D eigenvalue weighted by Crippen LogP contribution is -2.37. The van der Waals surface area contributed by atoms with Crippen LogP contribution in [0.3, 0.4) is 0 Å². The second kappa shape index (κ2) is 7.05. The van der Waals surface area contributed by atoms with Crippen molar-refractivity contribution in [1.82, 2.24) is 4.98 Å². The predicted molar refractivity (Wildman–Crippen MR) is 98.8 cm³/mol. The highest BCUT2D eigenvalue weighted by molar-refractivity contribution is 5.99. The number of pyridine rings is 1. The molecule has 1 aromatic carbocycles. The van der Waals surface area contributed by atoms with E-state index in [0.717, 1.165) is 46.6 Å². The Hall–Kier alpha value is -2.69. The van der Waals surface area contributed by atoms with Gasteiger partial charge in [0.05, 0.1) is 12.1 Å².